The first kappa shape index (κ1) is 24.4. The van der Waals surface area contributed by atoms with Gasteiger partial charge in [-0.05, 0) is 17.7 Å². The predicted molar refractivity (Wildman–Crippen MR) is 135 cm³/mol. The van der Waals surface area contributed by atoms with Crippen molar-refractivity contribution in [3.63, 3.8) is 0 Å². The molecule has 6 nitrogen and oxygen atoms in total. The number of ketones is 2. The SMILES string of the molecule is CN(C)C(=O)CN1C[C@H](C(=O)c2ccccc2)C(c2ccc(O)cc2)[C@H](C(=O)c2ccccc2)C1. The van der Waals surface area contributed by atoms with Gasteiger partial charge in [0.05, 0.1) is 6.54 Å². The van der Waals surface area contributed by atoms with E-state index < -0.39 is 17.8 Å². The third kappa shape index (κ3) is 5.49. The minimum Gasteiger partial charge on any atom is -0.508 e. The quantitative estimate of drug-likeness (QED) is 0.531. The van der Waals surface area contributed by atoms with Gasteiger partial charge >= 0.3 is 0 Å². The molecule has 0 bridgehead atoms. The molecule has 0 aromatic heterocycles. The summed E-state index contributed by atoms with van der Waals surface area (Å²) in [6.07, 6.45) is 0. The number of likely N-dealkylation sites (tertiary alicyclic amines) is 1. The van der Waals surface area contributed by atoms with Crippen molar-refractivity contribution in [1.82, 2.24) is 9.80 Å². The Kier molecular flexibility index (Phi) is 7.42. The van der Waals surface area contributed by atoms with Crippen molar-refractivity contribution in [2.24, 2.45) is 11.8 Å². The van der Waals surface area contributed by atoms with Gasteiger partial charge in [-0.2, -0.15) is 0 Å². The summed E-state index contributed by atoms with van der Waals surface area (Å²) in [7, 11) is 3.40. The topological polar surface area (TPSA) is 77.9 Å². The van der Waals surface area contributed by atoms with Crippen molar-refractivity contribution in [3.05, 3.63) is 102 Å². The van der Waals surface area contributed by atoms with Gasteiger partial charge in [0, 0.05) is 56.1 Å². The molecule has 3 aromatic rings. The second-order valence-corrected chi connectivity index (χ2v) is 9.27. The van der Waals surface area contributed by atoms with Crippen LogP contribution in [-0.2, 0) is 4.79 Å². The number of hydrogen-bond acceptors (Lipinski definition) is 5. The highest BCUT2D eigenvalue weighted by atomic mass is 16.3. The van der Waals surface area contributed by atoms with Crippen LogP contribution in [0.2, 0.25) is 0 Å². The zero-order chi connectivity index (χ0) is 24.9. The number of hydrogen-bond donors (Lipinski definition) is 1. The van der Waals surface area contributed by atoms with E-state index in [4.69, 9.17) is 0 Å². The molecule has 3 aromatic carbocycles. The summed E-state index contributed by atoms with van der Waals surface area (Å²) < 4.78 is 0. The van der Waals surface area contributed by atoms with Crippen LogP contribution in [-0.4, -0.2) is 66.1 Å². The predicted octanol–water partition coefficient (Wildman–Crippen LogP) is 3.88. The van der Waals surface area contributed by atoms with Gasteiger partial charge in [0.1, 0.15) is 5.75 Å². The highest BCUT2D eigenvalue weighted by Crippen LogP contribution is 2.41. The van der Waals surface area contributed by atoms with E-state index in [2.05, 4.69) is 0 Å². The van der Waals surface area contributed by atoms with E-state index in [0.29, 0.717) is 24.2 Å². The lowest BCUT2D eigenvalue weighted by atomic mass is 9.68. The minimum atomic E-state index is -0.539. The number of carbonyl (C=O) groups is 3. The molecule has 1 saturated heterocycles. The second-order valence-electron chi connectivity index (χ2n) is 9.27. The highest BCUT2D eigenvalue weighted by Gasteiger charge is 2.45. The molecule has 1 unspecified atom stereocenters. The van der Waals surface area contributed by atoms with Gasteiger partial charge in [-0.1, -0.05) is 72.8 Å². The molecule has 1 N–H and O–H groups in total. The first-order valence-electron chi connectivity index (χ1n) is 11.7. The van der Waals surface area contributed by atoms with E-state index in [1.807, 2.05) is 41.3 Å². The molecule has 35 heavy (non-hydrogen) atoms. The zero-order valence-corrected chi connectivity index (χ0v) is 20.0. The van der Waals surface area contributed by atoms with Gasteiger partial charge in [-0.15, -0.1) is 0 Å². The van der Waals surface area contributed by atoms with E-state index in [9.17, 15) is 19.5 Å². The highest BCUT2D eigenvalue weighted by molar-refractivity contribution is 6.02. The second kappa shape index (κ2) is 10.7. The van der Waals surface area contributed by atoms with E-state index in [1.54, 1.807) is 62.6 Å². The normalized spacial score (nSPS) is 20.2. The number of Topliss-reactive ketones (excluding diaryl/α,β-unsaturated/α-hetero) is 2. The van der Waals surface area contributed by atoms with Crippen LogP contribution < -0.4 is 0 Å². The number of aromatic hydroxyl groups is 1. The fraction of sp³-hybridized carbons (Fsp3) is 0.276. The van der Waals surface area contributed by atoms with Crippen LogP contribution in [0.15, 0.2) is 84.9 Å². The molecule has 0 spiro atoms. The molecular formula is C29H30N2O4. The molecule has 1 amide bonds. The molecule has 0 radical (unpaired) electrons. The summed E-state index contributed by atoms with van der Waals surface area (Å²) in [5, 5.41) is 9.87. The Balaban J connectivity index is 1.80. The lowest BCUT2D eigenvalue weighted by molar-refractivity contribution is -0.130. The van der Waals surface area contributed by atoms with Crippen LogP contribution in [0.25, 0.3) is 0 Å². The summed E-state index contributed by atoms with van der Waals surface area (Å²) in [6, 6.07) is 24.9. The number of phenolic OH excluding ortho intramolecular Hbond substituents is 1. The number of rotatable bonds is 7. The molecule has 180 valence electrons. The van der Waals surface area contributed by atoms with Crippen molar-refractivity contribution in [1.29, 1.82) is 0 Å². The van der Waals surface area contributed by atoms with Crippen molar-refractivity contribution >= 4 is 17.5 Å². The number of likely N-dealkylation sites (N-methyl/N-ethyl adjacent to an activating group) is 1. The van der Waals surface area contributed by atoms with Crippen molar-refractivity contribution in [2.75, 3.05) is 33.7 Å². The molecule has 3 atom stereocenters. The van der Waals surface area contributed by atoms with Crippen LogP contribution >= 0.6 is 0 Å². The average molecular weight is 471 g/mol. The number of amides is 1. The van der Waals surface area contributed by atoms with Gasteiger partial charge in [0.25, 0.3) is 0 Å². The van der Waals surface area contributed by atoms with Crippen LogP contribution in [0.3, 0.4) is 0 Å². The van der Waals surface area contributed by atoms with Crippen molar-refractivity contribution in [2.45, 2.75) is 5.92 Å². The zero-order valence-electron chi connectivity index (χ0n) is 20.0. The average Bonchev–Trinajstić information content (AvgIpc) is 2.89. The molecule has 0 saturated carbocycles. The van der Waals surface area contributed by atoms with Crippen LogP contribution in [0.1, 0.15) is 32.2 Å². The summed E-state index contributed by atoms with van der Waals surface area (Å²) in [6.45, 7) is 0.848. The van der Waals surface area contributed by atoms with E-state index >= 15 is 0 Å². The lowest BCUT2D eigenvalue weighted by Gasteiger charge is -2.43. The van der Waals surface area contributed by atoms with Gasteiger partial charge in [-0.25, -0.2) is 0 Å². The standard InChI is InChI=1S/C29H30N2O4/c1-30(2)26(33)19-31-17-24(28(34)21-9-5-3-6-10-21)27(20-13-15-23(32)16-14-20)25(18-31)29(35)22-11-7-4-8-12-22/h3-16,24-25,27,32H,17-19H2,1-2H3/t24-,25+,27?. The van der Waals surface area contributed by atoms with E-state index in [1.165, 1.54) is 4.90 Å². The number of nitrogens with zero attached hydrogens (tertiary/aromatic N) is 2. The number of piperidine rings is 1. The molecule has 4 rings (SSSR count). The Bertz CT molecular complexity index is 1110. The van der Waals surface area contributed by atoms with Crippen LogP contribution in [0.4, 0.5) is 0 Å². The maximum atomic E-state index is 13.8. The lowest BCUT2D eigenvalue weighted by Crippen LogP contribution is -2.52. The molecule has 1 heterocycles. The molecular weight excluding hydrogens is 440 g/mol. The Morgan fingerprint density at radius 3 is 1.66 bits per heavy atom. The fourth-order valence-electron chi connectivity index (χ4n) is 4.89. The largest absolute Gasteiger partial charge is 0.508 e. The summed E-state index contributed by atoms with van der Waals surface area (Å²) in [5.74, 6) is -1.55. The number of carbonyl (C=O) groups excluding carboxylic acids is 3. The third-order valence-corrected chi connectivity index (χ3v) is 6.70. The first-order chi connectivity index (χ1) is 16.8. The third-order valence-electron chi connectivity index (χ3n) is 6.70. The summed E-state index contributed by atoms with van der Waals surface area (Å²) >= 11 is 0. The molecule has 6 heteroatoms. The number of phenols is 1. The monoisotopic (exact) mass is 470 g/mol. The van der Waals surface area contributed by atoms with Crippen LogP contribution in [0.5, 0.6) is 5.75 Å². The summed E-state index contributed by atoms with van der Waals surface area (Å²) in [5.41, 5.74) is 1.98. The maximum absolute atomic E-state index is 13.8. The molecule has 0 aliphatic carbocycles. The Hall–Kier alpha value is -3.77. The van der Waals surface area contributed by atoms with Crippen molar-refractivity contribution < 1.29 is 19.5 Å². The Morgan fingerprint density at radius 1 is 0.771 bits per heavy atom. The molecule has 1 fully saturated rings. The minimum absolute atomic E-state index is 0.0588. The smallest absolute Gasteiger partial charge is 0.236 e. The van der Waals surface area contributed by atoms with Gasteiger partial charge in [0.2, 0.25) is 5.91 Å². The number of benzene rings is 3. The van der Waals surface area contributed by atoms with E-state index in [0.717, 1.165) is 5.56 Å². The Morgan fingerprint density at radius 2 is 1.23 bits per heavy atom. The van der Waals surface area contributed by atoms with Gasteiger partial charge in [0.15, 0.2) is 11.6 Å². The first-order valence-corrected chi connectivity index (χ1v) is 11.7. The van der Waals surface area contributed by atoms with Crippen molar-refractivity contribution in [3.8, 4) is 5.75 Å². The summed E-state index contributed by atoms with van der Waals surface area (Å²) in [4.78, 5) is 43.7. The molecule has 1 aliphatic rings. The van der Waals surface area contributed by atoms with Gasteiger partial charge in [-0.3, -0.25) is 19.3 Å². The fourth-order valence-corrected chi connectivity index (χ4v) is 4.89. The molecule has 1 aliphatic heterocycles. The van der Waals surface area contributed by atoms with Gasteiger partial charge < -0.3 is 10.0 Å². The van der Waals surface area contributed by atoms with Crippen LogP contribution in [0, 0.1) is 11.8 Å². The maximum Gasteiger partial charge on any atom is 0.236 e. The van der Waals surface area contributed by atoms with E-state index in [-0.39, 0.29) is 29.8 Å². The Labute approximate surface area is 205 Å².